The van der Waals surface area contributed by atoms with Crippen LogP contribution in [0.4, 0.5) is 0 Å². The van der Waals surface area contributed by atoms with Crippen molar-refractivity contribution < 1.29 is 0 Å². The third kappa shape index (κ3) is 3.32. The van der Waals surface area contributed by atoms with Crippen LogP contribution in [0.15, 0.2) is 17.8 Å². The summed E-state index contributed by atoms with van der Waals surface area (Å²) in [6.45, 7) is 4.32. The molecule has 0 saturated carbocycles. The van der Waals surface area contributed by atoms with Crippen molar-refractivity contribution in [2.75, 3.05) is 26.7 Å². The Hall–Kier alpha value is -1.31. The lowest BCUT2D eigenvalue weighted by molar-refractivity contribution is 0.210. The maximum absolute atomic E-state index is 4.51. The Labute approximate surface area is 141 Å². The van der Waals surface area contributed by atoms with Gasteiger partial charge in [-0.05, 0) is 52.4 Å². The summed E-state index contributed by atoms with van der Waals surface area (Å²) in [6, 6.07) is 0.976. The smallest absolute Gasteiger partial charge is 0.110 e. The number of aromatic nitrogens is 4. The molecule has 7 heteroatoms. The second-order valence-corrected chi connectivity index (χ2v) is 7.65. The molecule has 2 saturated heterocycles. The van der Waals surface area contributed by atoms with Crippen LogP contribution in [-0.4, -0.2) is 56.5 Å². The highest BCUT2D eigenvalue weighted by atomic mass is 32.1. The van der Waals surface area contributed by atoms with Crippen LogP contribution in [0.25, 0.3) is 0 Å². The third-order valence-corrected chi connectivity index (χ3v) is 5.96. The van der Waals surface area contributed by atoms with E-state index in [-0.39, 0.29) is 0 Å². The molecule has 0 N–H and O–H groups in total. The summed E-state index contributed by atoms with van der Waals surface area (Å²) in [6.07, 6.45) is 8.86. The van der Waals surface area contributed by atoms with E-state index in [1.807, 2.05) is 6.20 Å². The quantitative estimate of drug-likeness (QED) is 0.860. The van der Waals surface area contributed by atoms with Crippen molar-refractivity contribution in [2.24, 2.45) is 0 Å². The lowest BCUT2D eigenvalue weighted by Gasteiger charge is -2.28. The summed E-state index contributed by atoms with van der Waals surface area (Å²) in [5, 5.41) is 12.1. The lowest BCUT2D eigenvalue weighted by atomic mass is 10.1. The lowest BCUT2D eigenvalue weighted by Crippen LogP contribution is -2.31. The molecule has 6 nitrogen and oxygen atoms in total. The zero-order chi connectivity index (χ0) is 15.6. The summed E-state index contributed by atoms with van der Waals surface area (Å²) >= 11 is 1.76. The maximum Gasteiger partial charge on any atom is 0.110 e. The standard InChI is InChI=1S/C16H24N6S/c1-20-8-4-14(5-9-20)22-12-13(18-19-22)11-21-7-2-3-15(21)16-17-6-10-23-16/h6,10,12,14-15H,2-5,7-9,11H2,1H3/t15-/m1/s1. The largest absolute Gasteiger partial charge is 0.306 e. The Bertz CT molecular complexity index is 616. The van der Waals surface area contributed by atoms with Gasteiger partial charge in [-0.25, -0.2) is 9.67 Å². The minimum Gasteiger partial charge on any atom is -0.306 e. The number of rotatable bonds is 4. The van der Waals surface area contributed by atoms with E-state index >= 15 is 0 Å². The average molecular weight is 332 g/mol. The second-order valence-electron chi connectivity index (χ2n) is 6.72. The summed E-state index contributed by atoms with van der Waals surface area (Å²) in [4.78, 5) is 9.39. The second kappa shape index (κ2) is 6.67. The van der Waals surface area contributed by atoms with Crippen LogP contribution in [0.2, 0.25) is 0 Å². The van der Waals surface area contributed by atoms with E-state index in [1.54, 1.807) is 11.3 Å². The van der Waals surface area contributed by atoms with Gasteiger partial charge in [0, 0.05) is 18.1 Å². The van der Waals surface area contributed by atoms with Gasteiger partial charge in [0.25, 0.3) is 0 Å². The third-order valence-electron chi connectivity index (χ3n) is 5.09. The van der Waals surface area contributed by atoms with E-state index in [1.165, 1.54) is 30.7 Å². The van der Waals surface area contributed by atoms with Crippen molar-refractivity contribution >= 4 is 11.3 Å². The van der Waals surface area contributed by atoms with Crippen LogP contribution in [-0.2, 0) is 6.54 Å². The number of thiazole rings is 1. The van der Waals surface area contributed by atoms with Crippen molar-refractivity contribution in [1.29, 1.82) is 0 Å². The predicted octanol–water partition coefficient (Wildman–Crippen LogP) is 2.34. The van der Waals surface area contributed by atoms with E-state index in [4.69, 9.17) is 0 Å². The van der Waals surface area contributed by atoms with E-state index in [2.05, 4.69) is 48.4 Å². The predicted molar refractivity (Wildman–Crippen MR) is 90.3 cm³/mol. The molecule has 2 aliphatic heterocycles. The Morgan fingerprint density at radius 1 is 1.22 bits per heavy atom. The van der Waals surface area contributed by atoms with E-state index < -0.39 is 0 Å². The molecule has 1 atom stereocenters. The van der Waals surface area contributed by atoms with Crippen LogP contribution in [0.5, 0.6) is 0 Å². The topological polar surface area (TPSA) is 50.1 Å². The molecule has 0 spiro atoms. The van der Waals surface area contributed by atoms with Gasteiger partial charge in [0.2, 0.25) is 0 Å². The summed E-state index contributed by atoms with van der Waals surface area (Å²) in [5.41, 5.74) is 1.09. The molecule has 23 heavy (non-hydrogen) atoms. The van der Waals surface area contributed by atoms with E-state index in [9.17, 15) is 0 Å². The highest BCUT2D eigenvalue weighted by Gasteiger charge is 2.28. The van der Waals surface area contributed by atoms with Gasteiger partial charge in [-0.1, -0.05) is 5.21 Å². The molecule has 2 aliphatic rings. The van der Waals surface area contributed by atoms with Gasteiger partial charge in [0.05, 0.1) is 24.0 Å². The monoisotopic (exact) mass is 332 g/mol. The van der Waals surface area contributed by atoms with Crippen LogP contribution in [0.3, 0.4) is 0 Å². The van der Waals surface area contributed by atoms with Gasteiger partial charge >= 0.3 is 0 Å². The Balaban J connectivity index is 1.41. The number of hydrogen-bond donors (Lipinski definition) is 0. The molecule has 124 valence electrons. The molecule has 0 bridgehead atoms. The van der Waals surface area contributed by atoms with Crippen molar-refractivity contribution in [3.8, 4) is 0 Å². The molecular weight excluding hydrogens is 308 g/mol. The molecule has 0 radical (unpaired) electrons. The van der Waals surface area contributed by atoms with Crippen molar-refractivity contribution in [2.45, 2.75) is 44.3 Å². The Morgan fingerprint density at radius 2 is 2.09 bits per heavy atom. The summed E-state index contributed by atoms with van der Waals surface area (Å²) in [5.74, 6) is 0. The fourth-order valence-electron chi connectivity index (χ4n) is 3.73. The van der Waals surface area contributed by atoms with Crippen LogP contribution in [0, 0.1) is 0 Å². The molecule has 0 amide bonds. The molecule has 0 aliphatic carbocycles. The minimum atomic E-state index is 0.462. The zero-order valence-corrected chi connectivity index (χ0v) is 14.5. The number of nitrogens with zero attached hydrogens (tertiary/aromatic N) is 6. The SMILES string of the molecule is CN1CCC(n2cc(CN3CCC[C@@H]3c3nccs3)nn2)CC1. The van der Waals surface area contributed by atoms with Crippen molar-refractivity contribution in [1.82, 2.24) is 29.8 Å². The molecule has 2 aromatic heterocycles. The minimum absolute atomic E-state index is 0.462. The molecule has 2 aromatic rings. The first-order valence-corrected chi connectivity index (χ1v) is 9.40. The molecular formula is C16H24N6S. The molecule has 4 rings (SSSR count). The highest BCUT2D eigenvalue weighted by Crippen LogP contribution is 2.34. The highest BCUT2D eigenvalue weighted by molar-refractivity contribution is 7.09. The van der Waals surface area contributed by atoms with Crippen LogP contribution >= 0.6 is 11.3 Å². The van der Waals surface area contributed by atoms with Gasteiger partial charge in [-0.3, -0.25) is 4.90 Å². The fraction of sp³-hybridized carbons (Fsp3) is 0.688. The Morgan fingerprint density at radius 3 is 2.87 bits per heavy atom. The number of likely N-dealkylation sites (tertiary alicyclic amines) is 2. The molecule has 0 unspecified atom stereocenters. The maximum atomic E-state index is 4.51. The molecule has 0 aromatic carbocycles. The molecule has 2 fully saturated rings. The van der Waals surface area contributed by atoms with Crippen LogP contribution in [0.1, 0.15) is 48.5 Å². The summed E-state index contributed by atoms with van der Waals surface area (Å²) < 4.78 is 2.09. The van der Waals surface area contributed by atoms with E-state index in [0.29, 0.717) is 12.1 Å². The first kappa shape index (κ1) is 15.2. The van der Waals surface area contributed by atoms with Gasteiger partial charge < -0.3 is 4.90 Å². The normalized spacial score (nSPS) is 24.5. The number of hydrogen-bond acceptors (Lipinski definition) is 6. The van der Waals surface area contributed by atoms with Crippen molar-refractivity contribution in [3.63, 3.8) is 0 Å². The van der Waals surface area contributed by atoms with Gasteiger partial charge in [0.1, 0.15) is 5.01 Å². The van der Waals surface area contributed by atoms with Crippen molar-refractivity contribution in [3.05, 3.63) is 28.5 Å². The zero-order valence-electron chi connectivity index (χ0n) is 13.6. The average Bonchev–Trinajstić information content (AvgIpc) is 3.29. The van der Waals surface area contributed by atoms with Crippen LogP contribution < -0.4 is 0 Å². The van der Waals surface area contributed by atoms with Gasteiger partial charge in [0.15, 0.2) is 0 Å². The first-order valence-electron chi connectivity index (χ1n) is 8.52. The Kier molecular flexibility index (Phi) is 4.41. The van der Waals surface area contributed by atoms with Gasteiger partial charge in [-0.2, -0.15) is 0 Å². The van der Waals surface area contributed by atoms with E-state index in [0.717, 1.165) is 31.9 Å². The summed E-state index contributed by atoms with van der Waals surface area (Å²) in [7, 11) is 2.19. The number of piperidine rings is 1. The fourth-order valence-corrected chi connectivity index (χ4v) is 4.53. The van der Waals surface area contributed by atoms with Gasteiger partial charge in [-0.15, -0.1) is 16.4 Å². The first-order chi connectivity index (χ1) is 11.3. The molecule has 4 heterocycles.